The van der Waals surface area contributed by atoms with Gasteiger partial charge in [0.05, 0.1) is 44.4 Å². The van der Waals surface area contributed by atoms with Gasteiger partial charge in [-0.15, -0.1) is 20.2 Å². The van der Waals surface area contributed by atoms with Crippen molar-refractivity contribution in [3.8, 4) is 0 Å². The maximum absolute atomic E-state index is 10.5. The van der Waals surface area contributed by atoms with Crippen molar-refractivity contribution in [2.24, 2.45) is 5.92 Å². The summed E-state index contributed by atoms with van der Waals surface area (Å²) in [6.07, 6.45) is -3.08. The Bertz CT molecular complexity index is 534. The number of nitrogens with zero attached hydrogens (tertiary/aromatic N) is 2. The Morgan fingerprint density at radius 2 is 1.37 bits per heavy atom. The van der Waals surface area contributed by atoms with E-state index in [-0.39, 0.29) is 36.6 Å². The molecular formula is C13H18N2O11S. The van der Waals surface area contributed by atoms with Crippen LogP contribution in [0.15, 0.2) is 0 Å². The summed E-state index contributed by atoms with van der Waals surface area (Å²) < 4.78 is 28.0. The van der Waals surface area contributed by atoms with E-state index in [9.17, 15) is 20.2 Å². The molecule has 4 aliphatic heterocycles. The lowest BCUT2D eigenvalue weighted by molar-refractivity contribution is -0.769. The van der Waals surface area contributed by atoms with Crippen LogP contribution in [0.2, 0.25) is 0 Å². The van der Waals surface area contributed by atoms with Crippen LogP contribution < -0.4 is 0 Å². The second-order valence-electron chi connectivity index (χ2n) is 6.61. The highest BCUT2D eigenvalue weighted by molar-refractivity contribution is 7.95. The third kappa shape index (κ3) is 3.90. The van der Waals surface area contributed by atoms with Gasteiger partial charge in [-0.3, -0.25) is 0 Å². The number of rotatable bonds is 8. The lowest BCUT2D eigenvalue weighted by Crippen LogP contribution is -2.34. The first-order valence-corrected chi connectivity index (χ1v) is 9.20. The van der Waals surface area contributed by atoms with E-state index in [4.69, 9.17) is 23.1 Å². The molecule has 0 aromatic rings. The van der Waals surface area contributed by atoms with E-state index >= 15 is 0 Å². The average molecular weight is 410 g/mol. The van der Waals surface area contributed by atoms with E-state index in [1.165, 1.54) is 12.0 Å². The minimum atomic E-state index is -0.843. The molecule has 0 aromatic heterocycles. The van der Waals surface area contributed by atoms with Crippen molar-refractivity contribution >= 4 is 12.0 Å². The van der Waals surface area contributed by atoms with Gasteiger partial charge >= 0.3 is 0 Å². The minimum absolute atomic E-state index is 0.0731. The van der Waals surface area contributed by atoms with E-state index in [1.807, 2.05) is 0 Å². The molecule has 152 valence electrons. The third-order valence-electron chi connectivity index (χ3n) is 4.99. The molecule has 0 amide bonds. The van der Waals surface area contributed by atoms with Crippen LogP contribution in [0.5, 0.6) is 0 Å². The Labute approximate surface area is 156 Å². The summed E-state index contributed by atoms with van der Waals surface area (Å²) >= 11 is 1.19. The van der Waals surface area contributed by atoms with Crippen LogP contribution in [-0.2, 0) is 32.8 Å². The Balaban J connectivity index is 1.21. The first-order valence-electron chi connectivity index (χ1n) is 8.40. The predicted molar refractivity (Wildman–Crippen MR) is 83.5 cm³/mol. The zero-order valence-electron chi connectivity index (χ0n) is 13.9. The van der Waals surface area contributed by atoms with Crippen LogP contribution in [0.1, 0.15) is 0 Å². The molecule has 0 aliphatic carbocycles. The number of fused-ring (bicyclic) bond motifs is 2. The van der Waals surface area contributed by atoms with Gasteiger partial charge in [0, 0.05) is 5.92 Å². The van der Waals surface area contributed by atoms with Crippen LogP contribution in [-0.4, -0.2) is 85.1 Å². The molecule has 14 heteroatoms. The van der Waals surface area contributed by atoms with Gasteiger partial charge in [-0.1, -0.05) is 0 Å². The quantitative estimate of drug-likeness (QED) is 0.285. The third-order valence-corrected chi connectivity index (χ3v) is 5.91. The first kappa shape index (κ1) is 18.9. The molecule has 0 aromatic carbocycles. The molecule has 4 fully saturated rings. The van der Waals surface area contributed by atoms with Crippen molar-refractivity contribution in [1.29, 1.82) is 0 Å². The van der Waals surface area contributed by atoms with Crippen LogP contribution in [0.25, 0.3) is 0 Å². The fourth-order valence-corrected chi connectivity index (χ4v) is 4.72. The van der Waals surface area contributed by atoms with Gasteiger partial charge in [-0.25, -0.2) is 0 Å². The first-order chi connectivity index (χ1) is 13.0. The smallest absolute Gasteiger partial charge is 0.294 e. The van der Waals surface area contributed by atoms with Gasteiger partial charge < -0.3 is 32.8 Å². The van der Waals surface area contributed by atoms with Gasteiger partial charge in [-0.2, -0.15) is 0 Å². The van der Waals surface area contributed by atoms with Crippen molar-refractivity contribution < 1.29 is 43.0 Å². The summed E-state index contributed by atoms with van der Waals surface area (Å²) in [5.41, 5.74) is 0. The summed E-state index contributed by atoms with van der Waals surface area (Å²) in [4.78, 5) is 30.1. The Morgan fingerprint density at radius 1 is 0.815 bits per heavy atom. The molecule has 0 spiro atoms. The summed E-state index contributed by atoms with van der Waals surface area (Å²) in [5.74, 6) is -0.0731. The molecule has 27 heavy (non-hydrogen) atoms. The SMILES string of the molecule is O=[N+]([O-])O[C@@H]1COC2C(SOC[C@H]3COC4C3OC[C@H]4O[N+](=O)[O-])COC21. The summed E-state index contributed by atoms with van der Waals surface area (Å²) in [7, 11) is 0. The minimum Gasteiger partial charge on any atom is -0.373 e. The van der Waals surface area contributed by atoms with Crippen molar-refractivity contribution in [2.75, 3.05) is 33.0 Å². The van der Waals surface area contributed by atoms with E-state index in [0.717, 1.165) is 0 Å². The lowest BCUT2D eigenvalue weighted by atomic mass is 10.0. The molecule has 13 nitrogen and oxygen atoms in total. The molecule has 4 saturated heterocycles. The number of hydrogen-bond acceptors (Lipinski definition) is 12. The van der Waals surface area contributed by atoms with Gasteiger partial charge in [0.2, 0.25) is 0 Å². The monoisotopic (exact) mass is 410 g/mol. The predicted octanol–water partition coefficient (Wildman–Crippen LogP) is -0.615. The lowest BCUT2D eigenvalue weighted by Gasteiger charge is -2.18. The van der Waals surface area contributed by atoms with Crippen LogP contribution in [0.3, 0.4) is 0 Å². The molecule has 8 atom stereocenters. The molecular weight excluding hydrogens is 392 g/mol. The van der Waals surface area contributed by atoms with Crippen molar-refractivity contribution in [3.05, 3.63) is 20.2 Å². The zero-order chi connectivity index (χ0) is 19.0. The van der Waals surface area contributed by atoms with Crippen LogP contribution in [0, 0.1) is 26.1 Å². The molecule has 4 rings (SSSR count). The highest BCUT2D eigenvalue weighted by Gasteiger charge is 2.51. The Hall–Kier alpha value is -1.45. The fraction of sp³-hybridized carbons (Fsp3) is 1.00. The number of hydrogen-bond donors (Lipinski definition) is 0. The Morgan fingerprint density at radius 3 is 2.04 bits per heavy atom. The second-order valence-corrected chi connectivity index (χ2v) is 7.64. The molecule has 0 saturated carbocycles. The molecule has 4 heterocycles. The van der Waals surface area contributed by atoms with Crippen molar-refractivity contribution in [1.82, 2.24) is 0 Å². The van der Waals surface area contributed by atoms with E-state index in [2.05, 4.69) is 9.68 Å². The van der Waals surface area contributed by atoms with Gasteiger partial charge in [0.25, 0.3) is 10.2 Å². The summed E-state index contributed by atoms with van der Waals surface area (Å²) in [6, 6.07) is 0. The van der Waals surface area contributed by atoms with Crippen LogP contribution in [0.4, 0.5) is 0 Å². The fourth-order valence-electron chi connectivity index (χ4n) is 3.81. The Kier molecular flexibility index (Phi) is 5.52. The number of ether oxygens (including phenoxy) is 4. The topological polar surface area (TPSA) is 151 Å². The molecule has 0 radical (unpaired) electrons. The average Bonchev–Trinajstić information content (AvgIpc) is 3.33. The van der Waals surface area contributed by atoms with Crippen molar-refractivity contribution in [3.63, 3.8) is 0 Å². The zero-order valence-corrected chi connectivity index (χ0v) is 14.8. The highest BCUT2D eigenvalue weighted by atomic mass is 32.2. The highest BCUT2D eigenvalue weighted by Crippen LogP contribution is 2.37. The van der Waals surface area contributed by atoms with E-state index in [0.29, 0.717) is 19.8 Å². The maximum atomic E-state index is 10.5. The molecule has 5 unspecified atom stereocenters. The molecule has 4 aliphatic rings. The standard InChI is InChI=1S/C13H18N2O11S/c16-14(17)25-7-3-21-10-6(1-20-11(7)10)2-24-27-9-5-23-12-8(26-15(18)19)4-22-13(9)12/h6-13H,1-5H2/t6-,7-,8-,9?,10?,11?,12?,13?/m1/s1. The normalized spacial score (nSPS) is 42.7. The summed E-state index contributed by atoms with van der Waals surface area (Å²) in [5, 5.41) is 19.2. The van der Waals surface area contributed by atoms with E-state index in [1.54, 1.807) is 0 Å². The van der Waals surface area contributed by atoms with Gasteiger partial charge in [0.1, 0.15) is 18.3 Å². The largest absolute Gasteiger partial charge is 0.373 e. The van der Waals surface area contributed by atoms with Crippen molar-refractivity contribution in [2.45, 2.75) is 41.9 Å². The van der Waals surface area contributed by atoms with Crippen LogP contribution >= 0.6 is 12.0 Å². The maximum Gasteiger partial charge on any atom is 0.294 e. The molecule has 0 N–H and O–H groups in total. The van der Waals surface area contributed by atoms with Gasteiger partial charge in [-0.05, 0) is 12.0 Å². The summed E-state index contributed by atoms with van der Waals surface area (Å²) in [6.45, 7) is 1.21. The van der Waals surface area contributed by atoms with E-state index < -0.39 is 34.6 Å². The van der Waals surface area contributed by atoms with Gasteiger partial charge in [0.15, 0.2) is 12.2 Å². The second kappa shape index (κ2) is 7.89. The molecule has 0 bridgehead atoms.